The van der Waals surface area contributed by atoms with Crippen LogP contribution in [0.25, 0.3) is 11.1 Å². The van der Waals surface area contributed by atoms with Crippen molar-refractivity contribution in [1.82, 2.24) is 0 Å². The number of fused-ring (bicyclic) bond motifs is 3. The van der Waals surface area contributed by atoms with Gasteiger partial charge in [0.2, 0.25) is 18.3 Å². The van der Waals surface area contributed by atoms with Crippen LogP contribution in [0.3, 0.4) is 0 Å². The second-order valence-electron chi connectivity index (χ2n) is 5.01. The van der Waals surface area contributed by atoms with Crippen molar-refractivity contribution in [2.45, 2.75) is 0 Å². The van der Waals surface area contributed by atoms with Gasteiger partial charge in [-0.05, 0) is 12.1 Å². The lowest BCUT2D eigenvalue weighted by Gasteiger charge is -2.16. The number of phenolic OH excluding ortho intramolecular Hbond substituents is 6. The van der Waals surface area contributed by atoms with Crippen molar-refractivity contribution in [3.8, 4) is 45.6 Å². The Morgan fingerprint density at radius 2 is 1.00 bits per heavy atom. The zero-order chi connectivity index (χ0) is 18.5. The predicted octanol–water partition coefficient (Wildman–Crippen LogP) is 0.872. The van der Waals surface area contributed by atoms with Gasteiger partial charge in [-0.25, -0.2) is 9.59 Å². The second-order valence-corrected chi connectivity index (χ2v) is 5.01. The quantitative estimate of drug-likeness (QED) is 0.295. The van der Waals surface area contributed by atoms with E-state index in [1.165, 1.54) is 0 Å². The number of aromatic hydroxyl groups is 6. The van der Waals surface area contributed by atoms with E-state index in [0.29, 0.717) is 0 Å². The molecule has 2 aromatic rings. The van der Waals surface area contributed by atoms with E-state index < -0.39 is 75.5 Å². The van der Waals surface area contributed by atoms with Crippen molar-refractivity contribution in [2.24, 2.45) is 0 Å². The number of rotatable bonds is 0. The van der Waals surface area contributed by atoms with Gasteiger partial charge >= 0.3 is 11.9 Å². The van der Waals surface area contributed by atoms with E-state index >= 15 is 0 Å². The summed E-state index contributed by atoms with van der Waals surface area (Å²) in [7, 11) is 0. The normalized spacial score (nSPS) is 13.6. The molecule has 2 aromatic carbocycles. The van der Waals surface area contributed by atoms with Crippen molar-refractivity contribution in [3.63, 3.8) is 0 Å². The number of phenols is 6. The van der Waals surface area contributed by atoms with Crippen molar-refractivity contribution in [2.75, 3.05) is 6.79 Å². The summed E-state index contributed by atoms with van der Waals surface area (Å²) in [6.45, 7) is -0.832. The monoisotopic (exact) mass is 350 g/mol. The SMILES string of the molecule is O=C1OCOC(=O)c2cc(O)c(O)c(O)c2-c2c1cc(O)c(O)c2O. The molecule has 0 amide bonds. The zero-order valence-electron chi connectivity index (χ0n) is 12.2. The number of benzene rings is 2. The fraction of sp³-hybridized carbons (Fsp3) is 0.0667. The van der Waals surface area contributed by atoms with Crippen LogP contribution in [0.1, 0.15) is 20.7 Å². The van der Waals surface area contributed by atoms with E-state index in [9.17, 15) is 40.2 Å². The van der Waals surface area contributed by atoms with Crippen molar-refractivity contribution >= 4 is 11.9 Å². The fourth-order valence-electron chi connectivity index (χ4n) is 2.41. The lowest BCUT2D eigenvalue weighted by atomic mass is 9.92. The van der Waals surface area contributed by atoms with Crippen molar-refractivity contribution in [3.05, 3.63) is 23.3 Å². The topological polar surface area (TPSA) is 174 Å². The first-order valence-corrected chi connectivity index (χ1v) is 6.64. The summed E-state index contributed by atoms with van der Waals surface area (Å²) in [6.07, 6.45) is 0. The Morgan fingerprint density at radius 3 is 1.36 bits per heavy atom. The maximum absolute atomic E-state index is 12.1. The average Bonchev–Trinajstić information content (AvgIpc) is 2.61. The molecule has 0 aromatic heterocycles. The Balaban J connectivity index is 2.53. The molecule has 130 valence electrons. The zero-order valence-corrected chi connectivity index (χ0v) is 12.2. The Labute approximate surface area is 138 Å². The maximum Gasteiger partial charge on any atom is 0.341 e. The number of carbonyl (C=O) groups is 2. The van der Waals surface area contributed by atoms with Crippen LogP contribution in [0.15, 0.2) is 12.1 Å². The summed E-state index contributed by atoms with van der Waals surface area (Å²) < 4.78 is 9.30. The maximum atomic E-state index is 12.1. The molecule has 3 rings (SSSR count). The molecule has 10 heteroatoms. The molecular formula is C15H10O10. The van der Waals surface area contributed by atoms with Crippen LogP contribution in [0.2, 0.25) is 0 Å². The molecule has 0 saturated carbocycles. The molecule has 0 spiro atoms. The Bertz CT molecular complexity index is 855. The van der Waals surface area contributed by atoms with Crippen molar-refractivity contribution in [1.29, 1.82) is 0 Å². The molecule has 6 N–H and O–H groups in total. The minimum Gasteiger partial charge on any atom is -0.504 e. The van der Waals surface area contributed by atoms with Crippen LogP contribution in [0.4, 0.5) is 0 Å². The fourth-order valence-corrected chi connectivity index (χ4v) is 2.41. The van der Waals surface area contributed by atoms with E-state index in [-0.39, 0.29) is 0 Å². The van der Waals surface area contributed by atoms with Crippen LogP contribution in [-0.4, -0.2) is 49.4 Å². The molecule has 25 heavy (non-hydrogen) atoms. The molecule has 0 saturated heterocycles. The molecule has 1 aliphatic rings. The van der Waals surface area contributed by atoms with Gasteiger partial charge in [0.05, 0.1) is 11.1 Å². The van der Waals surface area contributed by atoms with Gasteiger partial charge < -0.3 is 40.1 Å². The largest absolute Gasteiger partial charge is 0.504 e. The van der Waals surface area contributed by atoms with E-state index in [1.54, 1.807) is 0 Å². The molecular weight excluding hydrogens is 340 g/mol. The van der Waals surface area contributed by atoms with E-state index in [2.05, 4.69) is 9.47 Å². The summed E-state index contributed by atoms with van der Waals surface area (Å²) in [5, 5.41) is 59.0. The summed E-state index contributed by atoms with van der Waals surface area (Å²) >= 11 is 0. The standard InChI is InChI=1S/C15H10O10/c16-6-1-4-8(12(20)10(6)18)9-5(2-7(17)11(19)13(9)21)15(23)25-3-24-14(4)22/h1-2,16-21H,3H2. The number of hydrogen-bond acceptors (Lipinski definition) is 10. The molecule has 0 bridgehead atoms. The van der Waals surface area contributed by atoms with Gasteiger partial charge in [0.1, 0.15) is 0 Å². The van der Waals surface area contributed by atoms with Crippen LogP contribution < -0.4 is 0 Å². The summed E-state index contributed by atoms with van der Waals surface area (Å²) in [5.41, 5.74) is -2.29. The average molecular weight is 350 g/mol. The highest BCUT2D eigenvalue weighted by Crippen LogP contribution is 2.52. The van der Waals surface area contributed by atoms with E-state index in [1.807, 2.05) is 0 Å². The molecule has 10 nitrogen and oxygen atoms in total. The van der Waals surface area contributed by atoms with Gasteiger partial charge in [-0.1, -0.05) is 0 Å². The van der Waals surface area contributed by atoms with Crippen molar-refractivity contribution < 1.29 is 49.7 Å². The molecule has 0 unspecified atom stereocenters. The molecule has 1 heterocycles. The van der Waals surface area contributed by atoms with Crippen LogP contribution in [0.5, 0.6) is 34.5 Å². The minimum absolute atomic E-state index is 0.535. The van der Waals surface area contributed by atoms with Crippen LogP contribution in [0, 0.1) is 0 Å². The number of cyclic esters (lactones) is 2. The lowest BCUT2D eigenvalue weighted by molar-refractivity contribution is -0.0164. The van der Waals surface area contributed by atoms with Crippen LogP contribution >= 0.6 is 0 Å². The molecule has 0 atom stereocenters. The highest BCUT2D eigenvalue weighted by Gasteiger charge is 2.33. The molecule has 0 radical (unpaired) electrons. The van der Waals surface area contributed by atoms with Gasteiger partial charge in [0, 0.05) is 11.1 Å². The van der Waals surface area contributed by atoms with Crippen LogP contribution in [-0.2, 0) is 9.47 Å². The van der Waals surface area contributed by atoms with Gasteiger partial charge in [-0.15, -0.1) is 0 Å². The Hall–Kier alpha value is -3.82. The summed E-state index contributed by atoms with van der Waals surface area (Å²) in [5.74, 6) is -8.28. The first-order chi connectivity index (χ1) is 11.7. The smallest absolute Gasteiger partial charge is 0.341 e. The van der Waals surface area contributed by atoms with Gasteiger partial charge in [-0.3, -0.25) is 0 Å². The second kappa shape index (κ2) is 5.37. The molecule has 1 aliphatic heterocycles. The Kier molecular flexibility index (Phi) is 3.45. The van der Waals surface area contributed by atoms with Gasteiger partial charge in [-0.2, -0.15) is 0 Å². The first-order valence-electron chi connectivity index (χ1n) is 6.64. The number of ether oxygens (including phenoxy) is 2. The number of carbonyl (C=O) groups excluding carboxylic acids is 2. The first kappa shape index (κ1) is 16.1. The molecule has 0 fully saturated rings. The third kappa shape index (κ3) is 2.27. The van der Waals surface area contributed by atoms with Gasteiger partial charge in [0.25, 0.3) is 0 Å². The molecule has 0 aliphatic carbocycles. The highest BCUT2D eigenvalue weighted by atomic mass is 16.7. The minimum atomic E-state index is -1.16. The van der Waals surface area contributed by atoms with E-state index in [4.69, 9.17) is 0 Å². The van der Waals surface area contributed by atoms with E-state index in [0.717, 1.165) is 12.1 Å². The Morgan fingerprint density at radius 1 is 0.640 bits per heavy atom. The summed E-state index contributed by atoms with van der Waals surface area (Å²) in [4.78, 5) is 24.2. The number of esters is 2. The van der Waals surface area contributed by atoms with Gasteiger partial charge in [0.15, 0.2) is 23.0 Å². The summed E-state index contributed by atoms with van der Waals surface area (Å²) in [6, 6.07) is 1.46. The lowest BCUT2D eigenvalue weighted by Crippen LogP contribution is -2.11. The third-order valence-electron chi connectivity index (χ3n) is 3.58. The highest BCUT2D eigenvalue weighted by molar-refractivity contribution is 6.08. The predicted molar refractivity (Wildman–Crippen MR) is 77.6 cm³/mol. The number of hydrogen-bond donors (Lipinski definition) is 6. The third-order valence-corrected chi connectivity index (χ3v) is 3.58.